The molecule has 2 heterocycles. The highest BCUT2D eigenvalue weighted by atomic mass is 79.9. The van der Waals surface area contributed by atoms with Gasteiger partial charge in [-0.05, 0) is 82.4 Å². The Bertz CT molecular complexity index is 1530. The second-order valence-corrected chi connectivity index (χ2v) is 11.7. The summed E-state index contributed by atoms with van der Waals surface area (Å²) < 4.78 is 0.948. The number of carbonyl (C=O) groups excluding carboxylic acids is 1. The highest BCUT2D eigenvalue weighted by Crippen LogP contribution is 2.29. The molecular formula is C30H27BrN4OS. The monoisotopic (exact) mass is 570 g/mol. The zero-order valence-corrected chi connectivity index (χ0v) is 23.1. The number of nitrogens with one attached hydrogen (secondary N) is 1. The predicted molar refractivity (Wildman–Crippen MR) is 156 cm³/mol. The number of nitrogens with zero attached hydrogens (tertiary/aromatic N) is 3. The number of carbonyl (C=O) groups is 1. The van der Waals surface area contributed by atoms with Crippen LogP contribution >= 0.6 is 27.3 Å². The molecule has 0 radical (unpaired) electrons. The highest BCUT2D eigenvalue weighted by molar-refractivity contribution is 9.11. The van der Waals surface area contributed by atoms with Crippen LogP contribution in [0.15, 0.2) is 95.0 Å². The molecule has 0 saturated heterocycles. The van der Waals surface area contributed by atoms with Crippen molar-refractivity contribution in [3.8, 4) is 11.1 Å². The zero-order valence-electron chi connectivity index (χ0n) is 20.7. The van der Waals surface area contributed by atoms with Crippen molar-refractivity contribution in [3.05, 3.63) is 111 Å². The second kappa shape index (κ2) is 11.2. The molecule has 0 unspecified atom stereocenters. The molecule has 0 fully saturated rings. The molecule has 3 aromatic carbocycles. The lowest BCUT2D eigenvalue weighted by molar-refractivity contribution is 0.0735. The van der Waals surface area contributed by atoms with Crippen LogP contribution in [0.5, 0.6) is 0 Å². The van der Waals surface area contributed by atoms with E-state index in [1.807, 2.05) is 41.3 Å². The van der Waals surface area contributed by atoms with E-state index in [0.717, 1.165) is 47.6 Å². The van der Waals surface area contributed by atoms with Gasteiger partial charge in [-0.25, -0.2) is 9.97 Å². The minimum Gasteiger partial charge on any atom is -0.367 e. The number of hydrogen-bond acceptors (Lipinski definition) is 5. The molecular weight excluding hydrogens is 544 g/mol. The van der Waals surface area contributed by atoms with E-state index in [-0.39, 0.29) is 11.9 Å². The van der Waals surface area contributed by atoms with E-state index in [4.69, 9.17) is 0 Å². The lowest BCUT2D eigenvalue weighted by Gasteiger charge is -2.23. The summed E-state index contributed by atoms with van der Waals surface area (Å²) in [7, 11) is 0. The van der Waals surface area contributed by atoms with Crippen molar-refractivity contribution in [2.75, 3.05) is 5.32 Å². The Morgan fingerprint density at radius 1 is 0.892 bits per heavy atom. The third kappa shape index (κ3) is 6.06. The number of thiophene rings is 1. The van der Waals surface area contributed by atoms with Gasteiger partial charge in [0, 0.05) is 24.5 Å². The number of benzene rings is 3. The largest absolute Gasteiger partial charge is 0.367 e. The number of halogens is 1. The Balaban J connectivity index is 1.46. The van der Waals surface area contributed by atoms with Crippen molar-refractivity contribution < 1.29 is 4.79 Å². The van der Waals surface area contributed by atoms with Gasteiger partial charge in [-0.15, -0.1) is 11.3 Å². The molecule has 0 bridgehead atoms. The van der Waals surface area contributed by atoms with E-state index < -0.39 is 0 Å². The van der Waals surface area contributed by atoms with Gasteiger partial charge in [0.2, 0.25) is 0 Å². The normalized spacial score (nSPS) is 11.1. The van der Waals surface area contributed by atoms with Crippen LogP contribution in [-0.4, -0.2) is 26.8 Å². The summed E-state index contributed by atoms with van der Waals surface area (Å²) in [4.78, 5) is 25.0. The fraction of sp³-hybridized carbons (Fsp3) is 0.167. The maximum absolute atomic E-state index is 13.5. The van der Waals surface area contributed by atoms with Crippen LogP contribution < -0.4 is 5.32 Å². The molecule has 0 atom stereocenters. The van der Waals surface area contributed by atoms with Crippen molar-refractivity contribution >= 4 is 49.9 Å². The highest BCUT2D eigenvalue weighted by Gasteiger charge is 2.19. The fourth-order valence-electron chi connectivity index (χ4n) is 4.28. The van der Waals surface area contributed by atoms with Crippen LogP contribution in [0.3, 0.4) is 0 Å². The Morgan fingerprint density at radius 3 is 2.41 bits per heavy atom. The van der Waals surface area contributed by atoms with Gasteiger partial charge in [0.25, 0.3) is 5.91 Å². The van der Waals surface area contributed by atoms with Crippen LogP contribution in [-0.2, 0) is 13.1 Å². The molecule has 5 rings (SSSR count). The van der Waals surface area contributed by atoms with Crippen molar-refractivity contribution in [1.29, 1.82) is 0 Å². The summed E-state index contributed by atoms with van der Waals surface area (Å²) in [6, 6.07) is 28.8. The first-order valence-corrected chi connectivity index (χ1v) is 13.8. The number of anilines is 1. The van der Waals surface area contributed by atoms with Crippen LogP contribution in [0.4, 0.5) is 5.82 Å². The number of aromatic nitrogens is 2. The minimum absolute atomic E-state index is 0.0252. The molecule has 37 heavy (non-hydrogen) atoms. The average Bonchev–Trinajstić information content (AvgIpc) is 3.34. The first-order valence-electron chi connectivity index (χ1n) is 12.2. The number of fused-ring (bicyclic) bond motifs is 1. The summed E-state index contributed by atoms with van der Waals surface area (Å²) in [5, 5.41) is 4.41. The van der Waals surface area contributed by atoms with Gasteiger partial charge in [-0.2, -0.15) is 0 Å². The Morgan fingerprint density at radius 2 is 1.65 bits per heavy atom. The number of rotatable bonds is 8. The van der Waals surface area contributed by atoms with Gasteiger partial charge >= 0.3 is 0 Å². The van der Waals surface area contributed by atoms with Gasteiger partial charge in [0.15, 0.2) is 0 Å². The van der Waals surface area contributed by atoms with Crippen LogP contribution in [0.25, 0.3) is 22.0 Å². The Kier molecular flexibility index (Phi) is 7.63. The minimum atomic E-state index is 0.0252. The third-order valence-electron chi connectivity index (χ3n) is 5.98. The predicted octanol–water partition coefficient (Wildman–Crippen LogP) is 7.78. The lowest BCUT2D eigenvalue weighted by atomic mass is 10.0. The summed E-state index contributed by atoms with van der Waals surface area (Å²) in [6.07, 6.45) is 1.60. The summed E-state index contributed by atoms with van der Waals surface area (Å²) in [5.74, 6) is 0.858. The molecule has 0 spiro atoms. The SMILES string of the molecule is CC(C)Nc1ncnc2ccc(-c3cccc(CN(Cc4ccccc4)C(=O)c4ccc(Br)s4)c3)cc12. The smallest absolute Gasteiger partial charge is 0.264 e. The molecule has 0 saturated carbocycles. The molecule has 0 aliphatic rings. The molecule has 1 amide bonds. The fourth-order valence-corrected chi connectivity index (χ4v) is 5.64. The van der Waals surface area contributed by atoms with Gasteiger partial charge in [0.1, 0.15) is 12.1 Å². The summed E-state index contributed by atoms with van der Waals surface area (Å²) in [6.45, 7) is 5.24. The summed E-state index contributed by atoms with van der Waals surface area (Å²) >= 11 is 4.95. The number of hydrogen-bond donors (Lipinski definition) is 1. The molecule has 5 aromatic rings. The molecule has 5 nitrogen and oxygen atoms in total. The topological polar surface area (TPSA) is 58.1 Å². The van der Waals surface area contributed by atoms with E-state index in [9.17, 15) is 4.79 Å². The van der Waals surface area contributed by atoms with E-state index in [2.05, 4.69) is 93.6 Å². The first-order chi connectivity index (χ1) is 18.0. The molecule has 1 N–H and O–H groups in total. The van der Waals surface area contributed by atoms with Gasteiger partial charge in [-0.1, -0.05) is 54.6 Å². The van der Waals surface area contributed by atoms with Crippen LogP contribution in [0.1, 0.15) is 34.6 Å². The summed E-state index contributed by atoms with van der Waals surface area (Å²) in [5.41, 5.74) is 5.24. The van der Waals surface area contributed by atoms with Crippen molar-refractivity contribution in [2.45, 2.75) is 33.0 Å². The molecule has 0 aliphatic carbocycles. The molecule has 0 aliphatic heterocycles. The van der Waals surface area contributed by atoms with Crippen LogP contribution in [0, 0.1) is 0 Å². The number of amides is 1. The molecule has 2 aromatic heterocycles. The van der Waals surface area contributed by atoms with Gasteiger partial charge < -0.3 is 10.2 Å². The Labute approximate surface area is 229 Å². The van der Waals surface area contributed by atoms with E-state index in [0.29, 0.717) is 13.1 Å². The van der Waals surface area contributed by atoms with Crippen molar-refractivity contribution in [2.24, 2.45) is 0 Å². The Hall–Kier alpha value is -3.55. The second-order valence-electron chi connectivity index (χ2n) is 9.20. The third-order valence-corrected chi connectivity index (χ3v) is 7.59. The molecule has 7 heteroatoms. The molecule has 186 valence electrons. The van der Waals surface area contributed by atoms with Gasteiger partial charge in [-0.3, -0.25) is 4.79 Å². The van der Waals surface area contributed by atoms with Crippen molar-refractivity contribution in [1.82, 2.24) is 14.9 Å². The standard InChI is InChI=1S/C30H27BrN4OS/c1-20(2)34-29-25-16-24(11-12-26(25)32-19-33-29)23-10-6-9-22(15-23)18-35(17-21-7-4-3-5-8-21)30(36)27-13-14-28(31)37-27/h3-16,19-20H,17-18H2,1-2H3,(H,32,33,34). The van der Waals surface area contributed by atoms with E-state index >= 15 is 0 Å². The average molecular weight is 572 g/mol. The van der Waals surface area contributed by atoms with Gasteiger partial charge in [0.05, 0.1) is 14.2 Å². The first kappa shape index (κ1) is 25.1. The van der Waals surface area contributed by atoms with E-state index in [1.165, 1.54) is 11.3 Å². The zero-order chi connectivity index (χ0) is 25.8. The maximum atomic E-state index is 13.5. The lowest BCUT2D eigenvalue weighted by Crippen LogP contribution is -2.29. The quantitative estimate of drug-likeness (QED) is 0.207. The van der Waals surface area contributed by atoms with E-state index in [1.54, 1.807) is 6.33 Å². The maximum Gasteiger partial charge on any atom is 0.264 e. The van der Waals surface area contributed by atoms with Crippen molar-refractivity contribution in [3.63, 3.8) is 0 Å². The van der Waals surface area contributed by atoms with Crippen LogP contribution in [0.2, 0.25) is 0 Å².